The molecule has 1 heterocycles. The number of aromatic amines is 1. The highest BCUT2D eigenvalue weighted by Gasteiger charge is 2.35. The number of carboxylic acids is 1. The van der Waals surface area contributed by atoms with Crippen LogP contribution < -0.4 is 5.56 Å². The average Bonchev–Trinajstić information content (AvgIpc) is 3.19. The van der Waals surface area contributed by atoms with Crippen molar-refractivity contribution in [1.82, 2.24) is 9.88 Å². The topological polar surface area (TPSA) is 134 Å². The van der Waals surface area contributed by atoms with Crippen LogP contribution in [0.25, 0.3) is 0 Å². The zero-order chi connectivity index (χ0) is 14.9. The van der Waals surface area contributed by atoms with E-state index in [4.69, 9.17) is 5.11 Å². The van der Waals surface area contributed by atoms with Crippen LogP contribution in [-0.2, 0) is 4.79 Å². The predicted molar refractivity (Wildman–Crippen MR) is 65.4 cm³/mol. The Morgan fingerprint density at radius 2 is 2.15 bits per heavy atom. The molecule has 1 fully saturated rings. The van der Waals surface area contributed by atoms with E-state index in [9.17, 15) is 24.5 Å². The number of carbonyl (C=O) groups excluding carboxylic acids is 1. The molecule has 0 aliphatic heterocycles. The lowest BCUT2D eigenvalue weighted by molar-refractivity contribution is -0.385. The molecular weight excluding hydrogens is 270 g/mol. The van der Waals surface area contributed by atoms with E-state index >= 15 is 0 Å². The fourth-order valence-electron chi connectivity index (χ4n) is 1.79. The Labute approximate surface area is 112 Å². The van der Waals surface area contributed by atoms with Crippen molar-refractivity contribution in [2.75, 3.05) is 6.54 Å². The van der Waals surface area contributed by atoms with E-state index < -0.39 is 40.2 Å². The largest absolute Gasteiger partial charge is 0.480 e. The first-order chi connectivity index (χ1) is 9.40. The Hall–Kier alpha value is -2.71. The first-order valence-electron chi connectivity index (χ1n) is 5.80. The molecule has 1 aromatic heterocycles. The number of aromatic nitrogens is 1. The van der Waals surface area contributed by atoms with E-state index in [0.29, 0.717) is 12.8 Å². The maximum Gasteiger partial charge on any atom is 0.323 e. The maximum absolute atomic E-state index is 12.2. The predicted octanol–water partition coefficient (Wildman–Crippen LogP) is -0.0277. The van der Waals surface area contributed by atoms with Gasteiger partial charge in [0.25, 0.3) is 17.2 Å². The van der Waals surface area contributed by atoms with Gasteiger partial charge in [0, 0.05) is 12.1 Å². The number of aliphatic carboxylic acids is 1. The third kappa shape index (κ3) is 2.82. The molecule has 20 heavy (non-hydrogen) atoms. The smallest absolute Gasteiger partial charge is 0.323 e. The average molecular weight is 281 g/mol. The van der Waals surface area contributed by atoms with E-state index in [-0.39, 0.29) is 6.04 Å². The highest BCUT2D eigenvalue weighted by Crippen LogP contribution is 2.27. The van der Waals surface area contributed by atoms with Gasteiger partial charge in [0.05, 0.1) is 11.1 Å². The molecule has 2 N–H and O–H groups in total. The van der Waals surface area contributed by atoms with Crippen molar-refractivity contribution >= 4 is 17.6 Å². The van der Waals surface area contributed by atoms with E-state index in [0.717, 1.165) is 17.2 Å². The van der Waals surface area contributed by atoms with Crippen molar-refractivity contribution in [3.05, 3.63) is 38.3 Å². The minimum atomic E-state index is -1.20. The minimum absolute atomic E-state index is 0.225. The maximum atomic E-state index is 12.2. The molecule has 0 atom stereocenters. The fraction of sp³-hybridized carbons (Fsp3) is 0.364. The SMILES string of the molecule is O=C(O)CN(C(=O)c1cc([N+](=O)[O-])c[nH]c1=O)C1CC1. The third-order valence-electron chi connectivity index (χ3n) is 2.88. The number of nitrogens with zero attached hydrogens (tertiary/aromatic N) is 2. The van der Waals surface area contributed by atoms with Crippen LogP contribution in [0.2, 0.25) is 0 Å². The van der Waals surface area contributed by atoms with Crippen LogP contribution in [0.15, 0.2) is 17.1 Å². The van der Waals surface area contributed by atoms with Crippen LogP contribution >= 0.6 is 0 Å². The Morgan fingerprint density at radius 1 is 1.50 bits per heavy atom. The van der Waals surface area contributed by atoms with Gasteiger partial charge in [-0.1, -0.05) is 0 Å². The zero-order valence-electron chi connectivity index (χ0n) is 10.2. The van der Waals surface area contributed by atoms with Crippen LogP contribution in [0.5, 0.6) is 0 Å². The van der Waals surface area contributed by atoms with Crippen molar-refractivity contribution < 1.29 is 19.6 Å². The summed E-state index contributed by atoms with van der Waals surface area (Å²) >= 11 is 0. The van der Waals surface area contributed by atoms with Gasteiger partial charge < -0.3 is 15.0 Å². The lowest BCUT2D eigenvalue weighted by atomic mass is 10.2. The van der Waals surface area contributed by atoms with Gasteiger partial charge in [-0.25, -0.2) is 0 Å². The number of nitro groups is 1. The Morgan fingerprint density at radius 3 is 2.65 bits per heavy atom. The number of carboxylic acid groups (broad SMARTS) is 1. The molecule has 9 heteroatoms. The van der Waals surface area contributed by atoms with Crippen molar-refractivity contribution in [3.8, 4) is 0 Å². The van der Waals surface area contributed by atoms with Crippen LogP contribution in [0.4, 0.5) is 5.69 Å². The molecular formula is C11H11N3O6. The quantitative estimate of drug-likeness (QED) is 0.575. The number of pyridine rings is 1. The van der Waals surface area contributed by atoms with Gasteiger partial charge in [0.2, 0.25) is 0 Å². The highest BCUT2D eigenvalue weighted by molar-refractivity contribution is 5.96. The van der Waals surface area contributed by atoms with Crippen LogP contribution in [0, 0.1) is 10.1 Å². The third-order valence-corrected chi connectivity index (χ3v) is 2.88. The Bertz CT molecular complexity index is 633. The second-order valence-corrected chi connectivity index (χ2v) is 4.42. The van der Waals surface area contributed by atoms with Crippen molar-refractivity contribution in [2.45, 2.75) is 18.9 Å². The number of hydrogen-bond acceptors (Lipinski definition) is 5. The van der Waals surface area contributed by atoms with Gasteiger partial charge in [0.15, 0.2) is 0 Å². The normalized spacial score (nSPS) is 13.8. The number of nitrogens with one attached hydrogen (secondary N) is 1. The molecule has 2 rings (SSSR count). The molecule has 0 unspecified atom stereocenters. The number of carbonyl (C=O) groups is 2. The number of amides is 1. The van der Waals surface area contributed by atoms with E-state index in [2.05, 4.69) is 4.98 Å². The second-order valence-electron chi connectivity index (χ2n) is 4.42. The Kier molecular flexibility index (Phi) is 3.51. The van der Waals surface area contributed by atoms with Crippen molar-refractivity contribution in [3.63, 3.8) is 0 Å². The summed E-state index contributed by atoms with van der Waals surface area (Å²) in [6, 6.07) is 0.635. The van der Waals surface area contributed by atoms with E-state index in [1.807, 2.05) is 0 Å². The second kappa shape index (κ2) is 5.11. The number of H-pyrrole nitrogens is 1. The highest BCUT2D eigenvalue weighted by atomic mass is 16.6. The van der Waals surface area contributed by atoms with Crippen molar-refractivity contribution in [2.24, 2.45) is 0 Å². The van der Waals surface area contributed by atoms with Crippen LogP contribution in [0.1, 0.15) is 23.2 Å². The first-order valence-corrected chi connectivity index (χ1v) is 5.80. The molecule has 1 aliphatic rings. The van der Waals surface area contributed by atoms with E-state index in [1.54, 1.807) is 0 Å². The molecule has 0 saturated heterocycles. The molecule has 9 nitrogen and oxygen atoms in total. The summed E-state index contributed by atoms with van der Waals surface area (Å²) in [6.45, 7) is -0.536. The molecule has 106 valence electrons. The zero-order valence-corrected chi connectivity index (χ0v) is 10.2. The molecule has 0 aromatic carbocycles. The Balaban J connectivity index is 2.35. The summed E-state index contributed by atoms with van der Waals surface area (Å²) < 4.78 is 0. The van der Waals surface area contributed by atoms with Gasteiger partial charge in [-0.15, -0.1) is 0 Å². The van der Waals surface area contributed by atoms with Gasteiger partial charge in [-0.05, 0) is 12.8 Å². The standard InChI is InChI=1S/C11H11N3O6/c15-9(16)5-13(6-1-2-6)11(18)8-3-7(14(19)20)4-12-10(8)17/h3-4,6H,1-2,5H2,(H,12,17)(H,15,16). The van der Waals surface area contributed by atoms with Gasteiger partial charge in [-0.2, -0.15) is 0 Å². The summed E-state index contributed by atoms with van der Waals surface area (Å²) in [5.41, 5.74) is -1.64. The molecule has 1 aliphatic carbocycles. The molecule has 1 aromatic rings. The van der Waals surface area contributed by atoms with Crippen LogP contribution in [0.3, 0.4) is 0 Å². The summed E-state index contributed by atoms with van der Waals surface area (Å²) in [5.74, 6) is -2.01. The van der Waals surface area contributed by atoms with Gasteiger partial charge in [-0.3, -0.25) is 24.5 Å². The molecule has 0 bridgehead atoms. The lowest BCUT2D eigenvalue weighted by Crippen LogP contribution is -2.39. The van der Waals surface area contributed by atoms with Gasteiger partial charge in [0.1, 0.15) is 12.1 Å². The number of rotatable bonds is 5. The minimum Gasteiger partial charge on any atom is -0.480 e. The first kappa shape index (κ1) is 13.7. The summed E-state index contributed by atoms with van der Waals surface area (Å²) in [6.07, 6.45) is 2.20. The number of hydrogen-bond donors (Lipinski definition) is 2. The molecule has 0 radical (unpaired) electrons. The van der Waals surface area contributed by atoms with Crippen molar-refractivity contribution in [1.29, 1.82) is 0 Å². The fourth-order valence-corrected chi connectivity index (χ4v) is 1.79. The van der Waals surface area contributed by atoms with E-state index in [1.165, 1.54) is 0 Å². The molecule has 0 spiro atoms. The lowest BCUT2D eigenvalue weighted by Gasteiger charge is -2.19. The monoisotopic (exact) mass is 281 g/mol. The molecule has 1 saturated carbocycles. The van der Waals surface area contributed by atoms with Crippen LogP contribution in [-0.4, -0.2) is 44.4 Å². The summed E-state index contributed by atoms with van der Waals surface area (Å²) in [5, 5.41) is 19.4. The summed E-state index contributed by atoms with van der Waals surface area (Å²) in [4.78, 5) is 47.6. The molecule has 1 amide bonds. The summed E-state index contributed by atoms with van der Waals surface area (Å²) in [7, 11) is 0. The van der Waals surface area contributed by atoms with Gasteiger partial charge >= 0.3 is 5.97 Å².